The Morgan fingerprint density at radius 3 is 2.76 bits per heavy atom. The largest absolute Gasteiger partial charge is 0.496 e. The fraction of sp³-hybridized carbons (Fsp3) is 0.286. The average Bonchev–Trinajstić information content (AvgIpc) is 3.37. The second kappa shape index (κ2) is 11.1. The van der Waals surface area contributed by atoms with Crippen LogP contribution < -0.4 is 10.1 Å². The van der Waals surface area contributed by atoms with Crippen LogP contribution in [-0.4, -0.2) is 69.2 Å². The van der Waals surface area contributed by atoms with Crippen LogP contribution in [0.4, 0.5) is 4.39 Å². The van der Waals surface area contributed by atoms with Gasteiger partial charge in [0, 0.05) is 53.6 Å². The van der Waals surface area contributed by atoms with Crippen molar-refractivity contribution in [3.63, 3.8) is 0 Å². The third-order valence-corrected chi connectivity index (χ3v) is 6.98. The molecular weight excluding hydrogens is 489 g/mol. The van der Waals surface area contributed by atoms with E-state index >= 15 is 0 Å². The number of amides is 1. The van der Waals surface area contributed by atoms with Crippen molar-refractivity contribution in [3.05, 3.63) is 77.9 Å². The van der Waals surface area contributed by atoms with E-state index in [2.05, 4.69) is 20.5 Å². The summed E-state index contributed by atoms with van der Waals surface area (Å²) in [7, 11) is 1.46. The predicted molar refractivity (Wildman–Crippen MR) is 139 cm³/mol. The number of carbonyl (C=O) groups excluding carboxylic acids is 2. The molecule has 0 radical (unpaired) electrons. The van der Waals surface area contributed by atoms with E-state index < -0.39 is 18.5 Å². The first kappa shape index (κ1) is 25.5. The Hall–Kier alpha value is -4.15. The molecule has 38 heavy (non-hydrogen) atoms. The molecule has 10 heteroatoms. The van der Waals surface area contributed by atoms with Gasteiger partial charge in [0.25, 0.3) is 5.91 Å². The number of aromatic amines is 1. The van der Waals surface area contributed by atoms with Gasteiger partial charge in [0.1, 0.15) is 23.9 Å². The number of hydrogen-bond acceptors (Lipinski definition) is 7. The predicted octanol–water partition coefficient (Wildman–Crippen LogP) is 3.10. The summed E-state index contributed by atoms with van der Waals surface area (Å²) in [6, 6.07) is 12.8. The van der Waals surface area contributed by atoms with E-state index in [4.69, 9.17) is 4.74 Å². The molecular formula is C28H28FN5O4. The molecule has 0 bridgehead atoms. The van der Waals surface area contributed by atoms with Gasteiger partial charge in [0.2, 0.25) is 0 Å². The number of piperidine rings is 1. The van der Waals surface area contributed by atoms with Crippen molar-refractivity contribution in [2.75, 3.05) is 20.3 Å². The number of H-pyrrole nitrogens is 1. The molecule has 1 amide bonds. The van der Waals surface area contributed by atoms with Crippen LogP contribution in [0.15, 0.2) is 60.9 Å². The lowest BCUT2D eigenvalue weighted by atomic mass is 9.94. The number of methoxy groups -OCH3 is 1. The Labute approximate surface area is 218 Å². The Bertz CT molecular complexity index is 1460. The smallest absolute Gasteiger partial charge is 0.251 e. The lowest BCUT2D eigenvalue weighted by Gasteiger charge is -2.39. The first-order valence-corrected chi connectivity index (χ1v) is 12.4. The third-order valence-electron chi connectivity index (χ3n) is 6.98. The molecule has 4 aromatic rings. The van der Waals surface area contributed by atoms with Gasteiger partial charge in [-0.05, 0) is 55.3 Å². The standard InChI is InChI=1S/C28H28FN5O4/c1-38-26-4-2-3-22(29)21(26)15-34-14-19(6-8-24(34)25(36)16-35)31-28(37)18-5-7-23-20(13-18)27(33-32-23)17-9-11-30-12-10-17/h2-5,7,9-13,19,24,35H,6,8,14-16H2,1H3,(H,31,37)(H,32,33)/t19-,24+/m1/s1. The number of halogens is 1. The molecule has 1 saturated heterocycles. The zero-order chi connectivity index (χ0) is 26.6. The van der Waals surface area contributed by atoms with Crippen LogP contribution in [-0.2, 0) is 11.3 Å². The van der Waals surface area contributed by atoms with Crippen LogP contribution >= 0.6 is 0 Å². The summed E-state index contributed by atoms with van der Waals surface area (Å²) in [4.78, 5) is 31.6. The fourth-order valence-corrected chi connectivity index (χ4v) is 5.05. The van der Waals surface area contributed by atoms with E-state index in [1.807, 2.05) is 18.2 Å². The molecule has 0 spiro atoms. The van der Waals surface area contributed by atoms with Crippen molar-refractivity contribution >= 4 is 22.6 Å². The van der Waals surface area contributed by atoms with E-state index in [0.717, 1.165) is 22.2 Å². The molecule has 5 rings (SSSR count). The van der Waals surface area contributed by atoms with Gasteiger partial charge in [-0.25, -0.2) is 4.39 Å². The van der Waals surface area contributed by atoms with Gasteiger partial charge in [-0.3, -0.25) is 24.6 Å². The zero-order valence-electron chi connectivity index (χ0n) is 20.9. The molecule has 2 atom stereocenters. The lowest BCUT2D eigenvalue weighted by Crippen LogP contribution is -2.54. The number of aromatic nitrogens is 3. The van der Waals surface area contributed by atoms with Gasteiger partial charge in [-0.1, -0.05) is 6.07 Å². The molecule has 0 unspecified atom stereocenters. The topological polar surface area (TPSA) is 120 Å². The Balaban J connectivity index is 1.35. The van der Waals surface area contributed by atoms with E-state index in [9.17, 15) is 19.1 Å². The van der Waals surface area contributed by atoms with Crippen LogP contribution in [0.3, 0.4) is 0 Å². The number of aliphatic hydroxyl groups excluding tert-OH is 1. The molecule has 2 aromatic heterocycles. The fourth-order valence-electron chi connectivity index (χ4n) is 5.05. The van der Waals surface area contributed by atoms with Gasteiger partial charge in [-0.2, -0.15) is 5.10 Å². The van der Waals surface area contributed by atoms with Gasteiger partial charge in [0.05, 0.1) is 18.7 Å². The third kappa shape index (κ3) is 5.13. The molecule has 196 valence electrons. The van der Waals surface area contributed by atoms with Crippen molar-refractivity contribution in [2.24, 2.45) is 0 Å². The van der Waals surface area contributed by atoms with Crippen LogP contribution in [0.25, 0.3) is 22.2 Å². The van der Waals surface area contributed by atoms with Crippen molar-refractivity contribution in [3.8, 4) is 17.0 Å². The Morgan fingerprint density at radius 1 is 1.18 bits per heavy atom. The number of pyridine rings is 1. The van der Waals surface area contributed by atoms with Crippen LogP contribution in [0.5, 0.6) is 5.75 Å². The summed E-state index contributed by atoms with van der Waals surface area (Å²) in [5.41, 5.74) is 3.22. The maximum atomic E-state index is 14.7. The summed E-state index contributed by atoms with van der Waals surface area (Å²) < 4.78 is 20.0. The summed E-state index contributed by atoms with van der Waals surface area (Å²) >= 11 is 0. The van der Waals surface area contributed by atoms with E-state index in [1.165, 1.54) is 13.2 Å². The highest BCUT2D eigenvalue weighted by Gasteiger charge is 2.34. The maximum absolute atomic E-state index is 14.7. The van der Waals surface area contributed by atoms with Crippen LogP contribution in [0.1, 0.15) is 28.8 Å². The monoisotopic (exact) mass is 517 g/mol. The SMILES string of the molecule is COc1cccc(F)c1CN1C[C@H](NC(=O)c2ccc3[nH]nc(-c4ccncc4)c3c2)CC[C@H]1C(=O)CO. The lowest BCUT2D eigenvalue weighted by molar-refractivity contribution is -0.128. The number of ether oxygens (including phenoxy) is 1. The van der Waals surface area contributed by atoms with Crippen LogP contribution in [0, 0.1) is 5.82 Å². The molecule has 3 N–H and O–H groups in total. The first-order chi connectivity index (χ1) is 18.5. The summed E-state index contributed by atoms with van der Waals surface area (Å²) in [6.07, 6.45) is 4.34. The molecule has 1 aliphatic rings. The molecule has 9 nitrogen and oxygen atoms in total. The van der Waals surface area contributed by atoms with Gasteiger partial charge >= 0.3 is 0 Å². The number of ketones is 1. The minimum atomic E-state index is -0.600. The van der Waals surface area contributed by atoms with Crippen molar-refractivity contribution in [1.29, 1.82) is 0 Å². The second-order valence-electron chi connectivity index (χ2n) is 9.31. The highest BCUT2D eigenvalue weighted by atomic mass is 19.1. The number of nitrogens with zero attached hydrogens (tertiary/aromatic N) is 3. The average molecular weight is 518 g/mol. The van der Waals surface area contributed by atoms with Crippen molar-refractivity contribution in [1.82, 2.24) is 25.4 Å². The summed E-state index contributed by atoms with van der Waals surface area (Å²) in [5, 5.41) is 20.8. The normalized spacial score (nSPS) is 17.9. The van der Waals surface area contributed by atoms with E-state index in [-0.39, 0.29) is 24.3 Å². The number of rotatable bonds is 8. The molecule has 3 heterocycles. The maximum Gasteiger partial charge on any atom is 0.251 e. The van der Waals surface area contributed by atoms with Gasteiger partial charge in [-0.15, -0.1) is 0 Å². The van der Waals surface area contributed by atoms with Gasteiger partial charge < -0.3 is 15.2 Å². The van der Waals surface area contributed by atoms with Gasteiger partial charge in [0.15, 0.2) is 5.78 Å². The molecule has 1 fully saturated rings. The first-order valence-electron chi connectivity index (χ1n) is 12.4. The van der Waals surface area contributed by atoms with E-state index in [1.54, 1.807) is 41.6 Å². The number of fused-ring (bicyclic) bond motifs is 1. The van der Waals surface area contributed by atoms with Crippen molar-refractivity contribution < 1.29 is 23.8 Å². The molecule has 0 saturated carbocycles. The number of nitrogens with one attached hydrogen (secondary N) is 2. The summed E-state index contributed by atoms with van der Waals surface area (Å²) in [5.74, 6) is -0.651. The molecule has 2 aromatic carbocycles. The number of Topliss-reactive ketones (excluding diaryl/α,β-unsaturated/α-hetero) is 1. The number of likely N-dealkylation sites (tertiary alicyclic amines) is 1. The molecule has 1 aliphatic heterocycles. The minimum absolute atomic E-state index is 0.106. The second-order valence-corrected chi connectivity index (χ2v) is 9.31. The zero-order valence-corrected chi connectivity index (χ0v) is 20.9. The number of hydrogen-bond donors (Lipinski definition) is 3. The quantitative estimate of drug-likeness (QED) is 0.329. The van der Waals surface area contributed by atoms with Crippen molar-refractivity contribution in [2.45, 2.75) is 31.5 Å². The highest BCUT2D eigenvalue weighted by molar-refractivity contribution is 6.01. The summed E-state index contributed by atoms with van der Waals surface area (Å²) in [6.45, 7) is -0.179. The minimum Gasteiger partial charge on any atom is -0.496 e. The Kier molecular flexibility index (Phi) is 7.43. The number of aliphatic hydroxyl groups is 1. The number of benzene rings is 2. The Morgan fingerprint density at radius 2 is 2.00 bits per heavy atom. The highest BCUT2D eigenvalue weighted by Crippen LogP contribution is 2.29. The van der Waals surface area contributed by atoms with Crippen LogP contribution in [0.2, 0.25) is 0 Å². The van der Waals surface area contributed by atoms with E-state index in [0.29, 0.717) is 36.3 Å². The number of carbonyl (C=O) groups is 2. The molecule has 0 aliphatic carbocycles.